The van der Waals surface area contributed by atoms with Crippen molar-refractivity contribution >= 4 is 5.91 Å². The van der Waals surface area contributed by atoms with Gasteiger partial charge in [0.25, 0.3) is 0 Å². The number of carbonyl (C=O) groups excluding carboxylic acids is 1. The fourth-order valence-electron chi connectivity index (χ4n) is 2.73. The summed E-state index contributed by atoms with van der Waals surface area (Å²) < 4.78 is 10.3. The summed E-state index contributed by atoms with van der Waals surface area (Å²) >= 11 is 0. The maximum atomic E-state index is 12.0. The lowest BCUT2D eigenvalue weighted by molar-refractivity contribution is -0.122. The number of aromatic nitrogens is 1. The Bertz CT molecular complexity index is 591. The summed E-state index contributed by atoms with van der Waals surface area (Å²) in [6, 6.07) is 5.78. The summed E-state index contributed by atoms with van der Waals surface area (Å²) in [6.45, 7) is 3.58. The molecule has 0 spiro atoms. The van der Waals surface area contributed by atoms with Gasteiger partial charge in [0.1, 0.15) is 17.2 Å². The largest absolute Gasteiger partial charge is 0.467 e. The van der Waals surface area contributed by atoms with Gasteiger partial charge in [-0.1, -0.05) is 5.16 Å². The lowest BCUT2D eigenvalue weighted by Gasteiger charge is -2.21. The molecule has 0 aromatic carbocycles. The normalized spacial score (nSPS) is 19.0. The molecule has 0 bridgehead atoms. The van der Waals surface area contributed by atoms with E-state index in [1.165, 1.54) is 0 Å². The maximum absolute atomic E-state index is 12.0. The second-order valence-electron chi connectivity index (χ2n) is 5.35. The molecule has 112 valence electrons. The number of hydrogen-bond donors (Lipinski definition) is 1. The van der Waals surface area contributed by atoms with Crippen LogP contribution in [-0.4, -0.2) is 29.1 Å². The smallest absolute Gasteiger partial charge is 0.234 e. The summed E-state index contributed by atoms with van der Waals surface area (Å²) in [6.07, 6.45) is 3.68. The van der Waals surface area contributed by atoms with Gasteiger partial charge in [-0.3, -0.25) is 9.69 Å². The average molecular weight is 289 g/mol. The fraction of sp³-hybridized carbons (Fsp3) is 0.467. The molecule has 3 rings (SSSR count). The molecule has 1 aliphatic heterocycles. The number of carbonyl (C=O) groups is 1. The van der Waals surface area contributed by atoms with Crippen LogP contribution in [0.3, 0.4) is 0 Å². The molecule has 1 atom stereocenters. The van der Waals surface area contributed by atoms with Crippen molar-refractivity contribution in [1.82, 2.24) is 15.4 Å². The monoisotopic (exact) mass is 289 g/mol. The van der Waals surface area contributed by atoms with Crippen molar-refractivity contribution in [2.75, 3.05) is 13.1 Å². The number of nitrogens with zero attached hydrogens (tertiary/aromatic N) is 2. The molecule has 1 amide bonds. The van der Waals surface area contributed by atoms with Crippen LogP contribution in [0.15, 0.2) is 33.4 Å². The van der Waals surface area contributed by atoms with Crippen LogP contribution < -0.4 is 5.32 Å². The Kier molecular flexibility index (Phi) is 4.06. The Morgan fingerprint density at radius 3 is 3.19 bits per heavy atom. The summed E-state index contributed by atoms with van der Waals surface area (Å²) in [5, 5.41) is 6.95. The molecule has 6 nitrogen and oxygen atoms in total. The van der Waals surface area contributed by atoms with Gasteiger partial charge < -0.3 is 14.3 Å². The van der Waals surface area contributed by atoms with Crippen LogP contribution in [0.2, 0.25) is 0 Å². The van der Waals surface area contributed by atoms with Crippen LogP contribution in [0.4, 0.5) is 0 Å². The standard InChI is InChI=1S/C15H19N3O3/c1-11-8-13(17-21-11)14-5-2-6-18(14)10-15(19)16-9-12-4-3-7-20-12/h3-4,7-8,14H,2,5-6,9-10H2,1H3,(H,16,19). The maximum Gasteiger partial charge on any atom is 0.234 e. The van der Waals surface area contributed by atoms with Gasteiger partial charge in [0.05, 0.1) is 25.4 Å². The van der Waals surface area contributed by atoms with Gasteiger partial charge in [0, 0.05) is 6.07 Å². The third kappa shape index (κ3) is 3.33. The Hall–Kier alpha value is -2.08. The summed E-state index contributed by atoms with van der Waals surface area (Å²) in [5.74, 6) is 1.56. The molecule has 1 aliphatic rings. The van der Waals surface area contributed by atoms with Crippen molar-refractivity contribution in [2.24, 2.45) is 0 Å². The first-order valence-corrected chi connectivity index (χ1v) is 7.19. The highest BCUT2D eigenvalue weighted by atomic mass is 16.5. The molecule has 1 fully saturated rings. The number of furan rings is 1. The van der Waals surface area contributed by atoms with E-state index < -0.39 is 0 Å². The molecule has 3 heterocycles. The first kappa shape index (κ1) is 13.9. The van der Waals surface area contributed by atoms with E-state index in [2.05, 4.69) is 15.4 Å². The lowest BCUT2D eigenvalue weighted by Crippen LogP contribution is -2.36. The molecule has 6 heteroatoms. The minimum atomic E-state index is -0.00137. The first-order valence-electron chi connectivity index (χ1n) is 7.19. The molecule has 1 N–H and O–H groups in total. The van der Waals surface area contributed by atoms with E-state index in [0.717, 1.165) is 36.6 Å². The van der Waals surface area contributed by atoms with E-state index in [4.69, 9.17) is 8.94 Å². The molecule has 0 radical (unpaired) electrons. The molecule has 1 saturated heterocycles. The molecule has 1 unspecified atom stereocenters. The number of nitrogens with one attached hydrogen (secondary N) is 1. The van der Waals surface area contributed by atoms with E-state index in [-0.39, 0.29) is 11.9 Å². The predicted molar refractivity (Wildman–Crippen MR) is 75.3 cm³/mol. The van der Waals surface area contributed by atoms with Crippen LogP contribution in [0.5, 0.6) is 0 Å². The highest BCUT2D eigenvalue weighted by Crippen LogP contribution is 2.30. The number of rotatable bonds is 5. The van der Waals surface area contributed by atoms with Gasteiger partial charge in [-0.15, -0.1) is 0 Å². The molecular weight excluding hydrogens is 270 g/mol. The highest BCUT2D eigenvalue weighted by molar-refractivity contribution is 5.78. The molecular formula is C15H19N3O3. The van der Waals surface area contributed by atoms with Crippen molar-refractivity contribution in [1.29, 1.82) is 0 Å². The zero-order chi connectivity index (χ0) is 14.7. The zero-order valence-corrected chi connectivity index (χ0v) is 12.0. The van der Waals surface area contributed by atoms with E-state index in [1.807, 2.05) is 25.1 Å². The molecule has 21 heavy (non-hydrogen) atoms. The summed E-state index contributed by atoms with van der Waals surface area (Å²) in [4.78, 5) is 14.2. The van der Waals surface area contributed by atoms with E-state index in [0.29, 0.717) is 13.1 Å². The first-order chi connectivity index (χ1) is 10.2. The molecule has 0 aliphatic carbocycles. The van der Waals surface area contributed by atoms with E-state index in [9.17, 15) is 4.79 Å². The third-order valence-corrected chi connectivity index (χ3v) is 3.74. The Labute approximate surface area is 123 Å². The SMILES string of the molecule is Cc1cc(C2CCCN2CC(=O)NCc2ccco2)no1. The van der Waals surface area contributed by atoms with E-state index in [1.54, 1.807) is 6.26 Å². The van der Waals surface area contributed by atoms with Crippen LogP contribution in [-0.2, 0) is 11.3 Å². The highest BCUT2D eigenvalue weighted by Gasteiger charge is 2.29. The van der Waals surface area contributed by atoms with Gasteiger partial charge in [-0.25, -0.2) is 0 Å². The van der Waals surface area contributed by atoms with Gasteiger partial charge in [-0.05, 0) is 38.4 Å². The average Bonchev–Trinajstić information content (AvgIpc) is 3.17. The van der Waals surface area contributed by atoms with Crippen LogP contribution in [0.1, 0.15) is 36.1 Å². The summed E-state index contributed by atoms with van der Waals surface area (Å²) in [7, 11) is 0. The minimum Gasteiger partial charge on any atom is -0.467 e. The van der Waals surface area contributed by atoms with Crippen molar-refractivity contribution in [3.05, 3.63) is 41.7 Å². The van der Waals surface area contributed by atoms with Crippen molar-refractivity contribution in [2.45, 2.75) is 32.4 Å². The third-order valence-electron chi connectivity index (χ3n) is 3.74. The second-order valence-corrected chi connectivity index (χ2v) is 5.35. The van der Waals surface area contributed by atoms with Crippen LogP contribution in [0.25, 0.3) is 0 Å². The van der Waals surface area contributed by atoms with E-state index >= 15 is 0 Å². The lowest BCUT2D eigenvalue weighted by atomic mass is 10.1. The zero-order valence-electron chi connectivity index (χ0n) is 12.0. The molecule has 0 saturated carbocycles. The van der Waals surface area contributed by atoms with Crippen LogP contribution in [0, 0.1) is 6.92 Å². The Balaban J connectivity index is 1.54. The number of amides is 1. The number of aryl methyl sites for hydroxylation is 1. The number of likely N-dealkylation sites (tertiary alicyclic amines) is 1. The topological polar surface area (TPSA) is 71.5 Å². The second kappa shape index (κ2) is 6.13. The van der Waals surface area contributed by atoms with Gasteiger partial charge in [-0.2, -0.15) is 0 Å². The van der Waals surface area contributed by atoms with Gasteiger partial charge in [0.15, 0.2) is 0 Å². The van der Waals surface area contributed by atoms with Crippen molar-refractivity contribution < 1.29 is 13.7 Å². The number of hydrogen-bond acceptors (Lipinski definition) is 5. The van der Waals surface area contributed by atoms with Gasteiger partial charge >= 0.3 is 0 Å². The van der Waals surface area contributed by atoms with Crippen molar-refractivity contribution in [3.8, 4) is 0 Å². The van der Waals surface area contributed by atoms with Crippen LogP contribution >= 0.6 is 0 Å². The fourth-order valence-corrected chi connectivity index (χ4v) is 2.73. The quantitative estimate of drug-likeness (QED) is 0.912. The predicted octanol–water partition coefficient (Wildman–Crippen LogP) is 2.03. The molecule has 2 aromatic heterocycles. The Morgan fingerprint density at radius 2 is 2.48 bits per heavy atom. The van der Waals surface area contributed by atoms with Crippen molar-refractivity contribution in [3.63, 3.8) is 0 Å². The minimum absolute atomic E-state index is 0.00137. The molecule has 2 aromatic rings. The van der Waals surface area contributed by atoms with Gasteiger partial charge in [0.2, 0.25) is 5.91 Å². The summed E-state index contributed by atoms with van der Waals surface area (Å²) in [5.41, 5.74) is 0.920. The Morgan fingerprint density at radius 1 is 1.57 bits per heavy atom.